The van der Waals surface area contributed by atoms with E-state index in [1.165, 1.54) is 11.3 Å². The summed E-state index contributed by atoms with van der Waals surface area (Å²) in [7, 11) is 1.55. The van der Waals surface area contributed by atoms with Crippen LogP contribution in [0, 0.1) is 0 Å². The predicted octanol–water partition coefficient (Wildman–Crippen LogP) is 2.90. The maximum absolute atomic E-state index is 9.47. The third-order valence-electron chi connectivity index (χ3n) is 1.81. The largest absolute Gasteiger partial charge is 0.504 e. The van der Waals surface area contributed by atoms with E-state index in [1.54, 1.807) is 13.2 Å². The molecule has 13 heavy (non-hydrogen) atoms. The van der Waals surface area contributed by atoms with Crippen molar-refractivity contribution in [3.05, 3.63) is 18.2 Å². The molecule has 1 heterocycles. The molecule has 0 aliphatic rings. The van der Waals surface area contributed by atoms with Gasteiger partial charge in [0.2, 0.25) is 0 Å². The maximum Gasteiger partial charge on any atom is 0.178 e. The Labute approximate surface area is 85.2 Å². The van der Waals surface area contributed by atoms with Gasteiger partial charge in [0.25, 0.3) is 0 Å². The van der Waals surface area contributed by atoms with Crippen LogP contribution in [0.25, 0.3) is 10.1 Å². The number of hydrogen-bond acceptors (Lipinski definition) is 4. The Morgan fingerprint density at radius 1 is 1.46 bits per heavy atom. The first-order chi connectivity index (χ1) is 6.22. The maximum atomic E-state index is 9.47. The van der Waals surface area contributed by atoms with Crippen LogP contribution in [0.5, 0.6) is 11.5 Å². The van der Waals surface area contributed by atoms with E-state index in [4.69, 9.17) is 4.74 Å². The van der Waals surface area contributed by atoms with Crippen LogP contribution in [0.4, 0.5) is 0 Å². The molecule has 1 N–H and O–H groups in total. The monoisotopic (exact) mass is 212 g/mol. The van der Waals surface area contributed by atoms with E-state index in [9.17, 15) is 5.11 Å². The summed E-state index contributed by atoms with van der Waals surface area (Å²) in [5, 5.41) is 10.5. The van der Waals surface area contributed by atoms with Crippen LogP contribution in [0.1, 0.15) is 0 Å². The Kier molecular flexibility index (Phi) is 2.09. The van der Waals surface area contributed by atoms with Crippen LogP contribution in [0.3, 0.4) is 0 Å². The number of benzene rings is 1. The van der Waals surface area contributed by atoms with Gasteiger partial charge < -0.3 is 9.84 Å². The minimum Gasteiger partial charge on any atom is -0.504 e. The van der Waals surface area contributed by atoms with Crippen molar-refractivity contribution >= 4 is 34.1 Å². The molecule has 0 saturated carbocycles. The molecule has 0 bridgehead atoms. The molecule has 0 radical (unpaired) electrons. The summed E-state index contributed by atoms with van der Waals surface area (Å²) in [6.45, 7) is 0. The fourth-order valence-corrected chi connectivity index (χ4v) is 2.58. The van der Waals surface area contributed by atoms with Crippen molar-refractivity contribution in [3.8, 4) is 11.5 Å². The van der Waals surface area contributed by atoms with E-state index in [0.29, 0.717) is 5.75 Å². The van der Waals surface area contributed by atoms with Gasteiger partial charge in [-0.2, -0.15) is 0 Å². The fraction of sp³-hybridized carbons (Fsp3) is 0.111. The van der Waals surface area contributed by atoms with Gasteiger partial charge >= 0.3 is 0 Å². The van der Waals surface area contributed by atoms with Crippen LogP contribution in [0.2, 0.25) is 0 Å². The topological polar surface area (TPSA) is 29.5 Å². The Morgan fingerprint density at radius 2 is 2.23 bits per heavy atom. The molecule has 0 saturated heterocycles. The number of methoxy groups -OCH3 is 1. The van der Waals surface area contributed by atoms with E-state index in [1.807, 2.05) is 12.1 Å². The Balaban J connectivity index is 2.82. The number of aromatic hydroxyl groups is 1. The van der Waals surface area contributed by atoms with Gasteiger partial charge in [0, 0.05) is 0 Å². The van der Waals surface area contributed by atoms with Crippen LogP contribution in [0.15, 0.2) is 22.4 Å². The van der Waals surface area contributed by atoms with Crippen LogP contribution < -0.4 is 4.74 Å². The van der Waals surface area contributed by atoms with E-state index in [0.717, 1.165) is 14.3 Å². The highest BCUT2D eigenvalue weighted by molar-refractivity contribution is 7.83. The molecule has 2 aromatic rings. The Morgan fingerprint density at radius 3 is 2.92 bits per heavy atom. The molecule has 0 aliphatic carbocycles. The number of thiophene rings is 1. The molecule has 68 valence electrons. The van der Waals surface area contributed by atoms with Crippen LogP contribution in [-0.4, -0.2) is 12.2 Å². The summed E-state index contributed by atoms with van der Waals surface area (Å²) in [4.78, 5) is 0. The summed E-state index contributed by atoms with van der Waals surface area (Å²) >= 11 is 5.74. The van der Waals surface area contributed by atoms with Crippen molar-refractivity contribution in [2.75, 3.05) is 7.11 Å². The zero-order chi connectivity index (χ0) is 9.42. The first-order valence-electron chi connectivity index (χ1n) is 3.71. The number of thiol groups is 1. The van der Waals surface area contributed by atoms with Gasteiger partial charge in [-0.15, -0.1) is 24.0 Å². The third kappa shape index (κ3) is 1.36. The van der Waals surface area contributed by atoms with E-state index in [2.05, 4.69) is 12.6 Å². The van der Waals surface area contributed by atoms with Crippen LogP contribution in [-0.2, 0) is 0 Å². The number of rotatable bonds is 1. The van der Waals surface area contributed by atoms with Crippen molar-refractivity contribution in [1.82, 2.24) is 0 Å². The molecule has 1 aromatic heterocycles. The Hall–Kier alpha value is -0.870. The summed E-state index contributed by atoms with van der Waals surface area (Å²) in [6, 6.07) is 5.43. The highest BCUT2D eigenvalue weighted by Gasteiger charge is 2.09. The number of ether oxygens (including phenoxy) is 1. The zero-order valence-corrected chi connectivity index (χ0v) is 8.65. The van der Waals surface area contributed by atoms with Crippen molar-refractivity contribution in [1.29, 1.82) is 0 Å². The summed E-state index contributed by atoms with van der Waals surface area (Å²) < 4.78 is 6.95. The van der Waals surface area contributed by atoms with E-state index in [-0.39, 0.29) is 5.75 Å². The SMILES string of the molecule is COc1c(O)ccc2cc(S)sc12. The van der Waals surface area contributed by atoms with Crippen molar-refractivity contribution in [2.24, 2.45) is 0 Å². The number of fused-ring (bicyclic) bond motifs is 1. The lowest BCUT2D eigenvalue weighted by atomic mass is 10.2. The van der Waals surface area contributed by atoms with Gasteiger partial charge in [-0.25, -0.2) is 0 Å². The first-order valence-corrected chi connectivity index (χ1v) is 4.97. The van der Waals surface area contributed by atoms with Gasteiger partial charge in [0.15, 0.2) is 11.5 Å². The van der Waals surface area contributed by atoms with Gasteiger partial charge in [-0.1, -0.05) is 0 Å². The number of hydrogen-bond donors (Lipinski definition) is 2. The van der Waals surface area contributed by atoms with Crippen molar-refractivity contribution in [2.45, 2.75) is 4.21 Å². The van der Waals surface area contributed by atoms with Crippen molar-refractivity contribution in [3.63, 3.8) is 0 Å². The van der Waals surface area contributed by atoms with Crippen molar-refractivity contribution < 1.29 is 9.84 Å². The smallest absolute Gasteiger partial charge is 0.178 e. The second-order valence-corrected chi connectivity index (χ2v) is 4.46. The molecule has 0 aliphatic heterocycles. The van der Waals surface area contributed by atoms with E-state index < -0.39 is 0 Å². The predicted molar refractivity (Wildman–Crippen MR) is 57.3 cm³/mol. The molecule has 1 aromatic carbocycles. The second-order valence-electron chi connectivity index (χ2n) is 2.62. The standard InChI is InChI=1S/C9H8O2S2/c1-11-8-6(10)3-2-5-4-7(12)13-9(5)8/h2-4,10,12H,1H3. The molecule has 0 atom stereocenters. The highest BCUT2D eigenvalue weighted by Crippen LogP contribution is 2.40. The molecule has 4 heteroatoms. The summed E-state index contributed by atoms with van der Waals surface area (Å²) in [6.07, 6.45) is 0. The fourth-order valence-electron chi connectivity index (χ4n) is 1.25. The molecule has 0 fully saturated rings. The second kappa shape index (κ2) is 3.12. The quantitative estimate of drug-likeness (QED) is 0.712. The molecule has 2 rings (SSSR count). The van der Waals surface area contributed by atoms with Crippen LogP contribution >= 0.6 is 24.0 Å². The zero-order valence-electron chi connectivity index (χ0n) is 6.94. The average Bonchev–Trinajstić information content (AvgIpc) is 2.45. The normalized spacial score (nSPS) is 10.6. The third-order valence-corrected chi connectivity index (χ3v) is 3.17. The lowest BCUT2D eigenvalue weighted by Crippen LogP contribution is -1.82. The van der Waals surface area contributed by atoms with E-state index >= 15 is 0 Å². The molecule has 0 amide bonds. The van der Waals surface area contributed by atoms with Gasteiger partial charge in [-0.3, -0.25) is 0 Å². The minimum atomic E-state index is 0.171. The lowest BCUT2D eigenvalue weighted by Gasteiger charge is -2.02. The molecule has 2 nitrogen and oxygen atoms in total. The molecular weight excluding hydrogens is 204 g/mol. The first kappa shape index (κ1) is 8.72. The molecular formula is C9H8O2S2. The lowest BCUT2D eigenvalue weighted by molar-refractivity contribution is 0.378. The summed E-state index contributed by atoms with van der Waals surface area (Å²) in [5.74, 6) is 0.702. The Bertz CT molecular complexity index is 448. The number of phenolic OH excluding ortho intramolecular Hbond substituents is 1. The average molecular weight is 212 g/mol. The highest BCUT2D eigenvalue weighted by atomic mass is 32.2. The molecule has 0 spiro atoms. The number of phenols is 1. The van der Waals surface area contributed by atoms with Gasteiger partial charge in [0.1, 0.15) is 0 Å². The van der Waals surface area contributed by atoms with Gasteiger partial charge in [-0.05, 0) is 23.6 Å². The molecule has 0 unspecified atom stereocenters. The minimum absolute atomic E-state index is 0.171. The van der Waals surface area contributed by atoms with Gasteiger partial charge in [0.05, 0.1) is 16.0 Å². The summed E-state index contributed by atoms with van der Waals surface area (Å²) in [5.41, 5.74) is 0.